The number of nitrogens with zero attached hydrogens (tertiary/aromatic N) is 5. The molecule has 5 heterocycles. The summed E-state index contributed by atoms with van der Waals surface area (Å²) in [7, 11) is 0. The number of pyridine rings is 2. The topological polar surface area (TPSA) is 116 Å². The van der Waals surface area contributed by atoms with E-state index in [0.29, 0.717) is 50.5 Å². The van der Waals surface area contributed by atoms with Crippen molar-refractivity contribution >= 4 is 28.7 Å². The van der Waals surface area contributed by atoms with Gasteiger partial charge in [0.15, 0.2) is 5.65 Å². The van der Waals surface area contributed by atoms with Crippen molar-refractivity contribution in [2.45, 2.75) is 44.2 Å². The highest BCUT2D eigenvalue weighted by Gasteiger charge is 2.34. The van der Waals surface area contributed by atoms with E-state index >= 15 is 0 Å². The van der Waals surface area contributed by atoms with Crippen LogP contribution in [0.25, 0.3) is 16.7 Å². The average Bonchev–Trinajstić information content (AvgIpc) is 3.70. The first-order chi connectivity index (χ1) is 18.1. The number of aromatic nitrogens is 4. The molecule has 0 spiro atoms. The number of rotatable bonds is 5. The summed E-state index contributed by atoms with van der Waals surface area (Å²) in [5.41, 5.74) is 3.34. The second-order valence-corrected chi connectivity index (χ2v) is 10.3. The monoisotopic (exact) mass is 501 g/mol. The number of urea groups is 1. The third kappa shape index (κ3) is 4.87. The van der Waals surface area contributed by atoms with E-state index in [2.05, 4.69) is 26.3 Å². The van der Waals surface area contributed by atoms with Gasteiger partial charge in [-0.2, -0.15) is 0 Å². The molecule has 1 aliphatic carbocycles. The number of hydrogen-bond donors (Lipinski definition) is 2. The van der Waals surface area contributed by atoms with Crippen LogP contribution in [0.4, 0.5) is 4.79 Å². The lowest BCUT2D eigenvalue weighted by Gasteiger charge is -2.34. The van der Waals surface area contributed by atoms with Crippen molar-refractivity contribution in [2.75, 3.05) is 26.2 Å². The van der Waals surface area contributed by atoms with Crippen molar-refractivity contribution in [2.24, 2.45) is 5.92 Å². The molecule has 2 fully saturated rings. The second kappa shape index (κ2) is 9.84. The average molecular weight is 502 g/mol. The standard InChI is InChI=1S/C27H31N7O3/c35-25-22(6-5-20(19-7-12-28-13-8-19)17-33(25)16-18-3-4-18)30-26(36)32-14-9-21(10-15-32)34-23-2-1-11-29-24(23)31-27(34)37/h1-2,5,7-8,11-13,18,21-22H,3-4,6,9-10,14-17H2,(H,30,36)(H,29,31,37)/t22-/m1/s1. The van der Waals surface area contributed by atoms with E-state index in [1.165, 1.54) is 0 Å². The zero-order chi connectivity index (χ0) is 25.4. The summed E-state index contributed by atoms with van der Waals surface area (Å²) in [6.45, 7) is 2.31. The number of piperidine rings is 1. The Labute approximate surface area is 214 Å². The van der Waals surface area contributed by atoms with Crippen LogP contribution in [0.1, 0.15) is 43.7 Å². The molecule has 2 aliphatic heterocycles. The van der Waals surface area contributed by atoms with Crippen molar-refractivity contribution < 1.29 is 9.59 Å². The zero-order valence-corrected chi connectivity index (χ0v) is 20.7. The minimum absolute atomic E-state index is 0.00565. The molecule has 0 bridgehead atoms. The predicted octanol–water partition coefficient (Wildman–Crippen LogP) is 2.56. The number of fused-ring (bicyclic) bond motifs is 1. The number of aromatic amines is 1. The number of amides is 3. The zero-order valence-electron chi connectivity index (χ0n) is 20.7. The Bertz CT molecular complexity index is 1380. The van der Waals surface area contributed by atoms with Crippen LogP contribution in [0.5, 0.6) is 0 Å². The lowest BCUT2D eigenvalue weighted by Crippen LogP contribution is -2.53. The molecule has 1 saturated heterocycles. The van der Waals surface area contributed by atoms with Crippen LogP contribution in [0.3, 0.4) is 0 Å². The number of hydrogen-bond acceptors (Lipinski definition) is 5. The fourth-order valence-electron chi connectivity index (χ4n) is 5.48. The first kappa shape index (κ1) is 23.4. The maximum atomic E-state index is 13.5. The predicted molar refractivity (Wildman–Crippen MR) is 139 cm³/mol. The van der Waals surface area contributed by atoms with Crippen LogP contribution in [-0.2, 0) is 4.79 Å². The molecule has 3 aromatic rings. The van der Waals surface area contributed by atoms with Gasteiger partial charge in [-0.25, -0.2) is 14.6 Å². The lowest BCUT2D eigenvalue weighted by molar-refractivity contribution is -0.132. The van der Waals surface area contributed by atoms with Crippen molar-refractivity contribution in [1.29, 1.82) is 0 Å². The summed E-state index contributed by atoms with van der Waals surface area (Å²) >= 11 is 0. The summed E-state index contributed by atoms with van der Waals surface area (Å²) in [5, 5.41) is 3.02. The Hall–Kier alpha value is -3.95. The quantitative estimate of drug-likeness (QED) is 0.557. The van der Waals surface area contributed by atoms with Crippen LogP contribution < -0.4 is 11.0 Å². The summed E-state index contributed by atoms with van der Waals surface area (Å²) < 4.78 is 1.76. The highest BCUT2D eigenvalue weighted by Crippen LogP contribution is 2.32. The van der Waals surface area contributed by atoms with Crippen LogP contribution >= 0.6 is 0 Å². The highest BCUT2D eigenvalue weighted by molar-refractivity contribution is 5.90. The SMILES string of the molecule is O=C(N[C@@H]1CC=C(c2ccncc2)CN(CC2CC2)C1=O)N1CCC(n2c(=O)[nH]c3ncccc32)CC1. The molecule has 1 atom stereocenters. The van der Waals surface area contributed by atoms with Crippen molar-refractivity contribution in [1.82, 2.24) is 34.6 Å². The Balaban J connectivity index is 1.13. The molecule has 0 radical (unpaired) electrons. The Morgan fingerprint density at radius 2 is 1.84 bits per heavy atom. The summed E-state index contributed by atoms with van der Waals surface area (Å²) in [4.78, 5) is 54.1. The second-order valence-electron chi connectivity index (χ2n) is 10.3. The summed E-state index contributed by atoms with van der Waals surface area (Å²) in [6, 6.07) is 6.81. The fourth-order valence-corrected chi connectivity index (χ4v) is 5.48. The van der Waals surface area contributed by atoms with Crippen molar-refractivity contribution in [3.63, 3.8) is 0 Å². The van der Waals surface area contributed by atoms with E-state index in [-0.39, 0.29) is 23.7 Å². The fraction of sp³-hybridized carbons (Fsp3) is 0.444. The van der Waals surface area contributed by atoms with Gasteiger partial charge >= 0.3 is 11.7 Å². The Morgan fingerprint density at radius 3 is 2.59 bits per heavy atom. The van der Waals surface area contributed by atoms with Crippen LogP contribution in [0, 0.1) is 5.92 Å². The number of H-pyrrole nitrogens is 1. The van der Waals surface area contributed by atoms with Crippen LogP contribution in [0.2, 0.25) is 0 Å². The number of carbonyl (C=O) groups excluding carboxylic acids is 2. The van der Waals surface area contributed by atoms with Gasteiger partial charge in [0.1, 0.15) is 6.04 Å². The van der Waals surface area contributed by atoms with Gasteiger partial charge in [0.25, 0.3) is 0 Å². The molecule has 10 heteroatoms. The largest absolute Gasteiger partial charge is 0.336 e. The Morgan fingerprint density at radius 1 is 1.05 bits per heavy atom. The van der Waals surface area contributed by atoms with Crippen LogP contribution in [-0.4, -0.2) is 73.5 Å². The number of nitrogens with one attached hydrogen (secondary N) is 2. The number of carbonyl (C=O) groups is 2. The molecule has 10 nitrogen and oxygen atoms in total. The van der Waals surface area contributed by atoms with Gasteiger partial charge in [-0.1, -0.05) is 6.08 Å². The van der Waals surface area contributed by atoms with E-state index in [4.69, 9.17) is 0 Å². The maximum Gasteiger partial charge on any atom is 0.327 e. The van der Waals surface area contributed by atoms with Gasteiger partial charge < -0.3 is 15.1 Å². The molecule has 3 amide bonds. The first-order valence-electron chi connectivity index (χ1n) is 13.1. The first-order valence-corrected chi connectivity index (χ1v) is 13.1. The molecule has 37 heavy (non-hydrogen) atoms. The van der Waals surface area contributed by atoms with E-state index in [1.54, 1.807) is 28.1 Å². The molecule has 2 N–H and O–H groups in total. The summed E-state index contributed by atoms with van der Waals surface area (Å²) in [6.07, 6.45) is 11.3. The van der Waals surface area contributed by atoms with E-state index < -0.39 is 6.04 Å². The van der Waals surface area contributed by atoms with Gasteiger partial charge in [0.2, 0.25) is 5.91 Å². The molecule has 0 unspecified atom stereocenters. The lowest BCUT2D eigenvalue weighted by atomic mass is 10.0. The molecule has 6 rings (SSSR count). The minimum Gasteiger partial charge on any atom is -0.336 e. The van der Waals surface area contributed by atoms with Gasteiger partial charge in [-0.15, -0.1) is 0 Å². The molecular weight excluding hydrogens is 470 g/mol. The minimum atomic E-state index is -0.592. The van der Waals surface area contributed by atoms with Gasteiger partial charge in [-0.05, 0) is 73.4 Å². The van der Waals surface area contributed by atoms with E-state index in [9.17, 15) is 14.4 Å². The van der Waals surface area contributed by atoms with Crippen molar-refractivity contribution in [3.8, 4) is 0 Å². The molecule has 1 saturated carbocycles. The molecule has 3 aliphatic rings. The molecule has 0 aromatic carbocycles. The number of imidazole rings is 1. The van der Waals surface area contributed by atoms with E-state index in [1.807, 2.05) is 29.2 Å². The summed E-state index contributed by atoms with van der Waals surface area (Å²) in [5.74, 6) is 0.535. The van der Waals surface area contributed by atoms with Crippen LogP contribution in [0.15, 0.2) is 53.7 Å². The van der Waals surface area contributed by atoms with Gasteiger partial charge in [0, 0.05) is 50.8 Å². The molecular formula is C27H31N7O3. The molecule has 192 valence electrons. The van der Waals surface area contributed by atoms with Crippen molar-refractivity contribution in [3.05, 3.63) is 65.0 Å². The maximum absolute atomic E-state index is 13.5. The normalized spacial score (nSPS) is 21.1. The Kier molecular flexibility index (Phi) is 6.23. The van der Waals surface area contributed by atoms with Gasteiger partial charge in [0.05, 0.1) is 5.52 Å². The smallest absolute Gasteiger partial charge is 0.327 e. The highest BCUT2D eigenvalue weighted by atomic mass is 16.2. The third-order valence-corrected chi connectivity index (χ3v) is 7.70. The van der Waals surface area contributed by atoms with E-state index in [0.717, 1.165) is 36.0 Å². The third-order valence-electron chi connectivity index (χ3n) is 7.70. The number of likely N-dealkylation sites (tertiary alicyclic amines) is 1. The molecule has 3 aromatic heterocycles. The van der Waals surface area contributed by atoms with Gasteiger partial charge in [-0.3, -0.25) is 19.3 Å².